The standard InChI is InChI=1S/C14H24N2O3S/c1-4-11(3)16(5-2)20(17,18)14-9-8-13(19-14)10-15-12-6-7-12/h8-9,11-12,15H,4-7,10H2,1-3H3. The van der Waals surface area contributed by atoms with Crippen molar-refractivity contribution in [2.24, 2.45) is 0 Å². The van der Waals surface area contributed by atoms with Gasteiger partial charge in [0.05, 0.1) is 6.54 Å². The zero-order valence-corrected chi connectivity index (χ0v) is 13.2. The van der Waals surface area contributed by atoms with Crippen molar-refractivity contribution in [2.75, 3.05) is 6.54 Å². The number of hydrogen-bond donors (Lipinski definition) is 1. The Labute approximate surface area is 121 Å². The SMILES string of the molecule is CCC(C)N(CC)S(=O)(=O)c1ccc(CNC2CC2)o1. The van der Waals surface area contributed by atoms with Gasteiger partial charge in [0.2, 0.25) is 5.09 Å². The van der Waals surface area contributed by atoms with Crippen molar-refractivity contribution in [3.63, 3.8) is 0 Å². The molecule has 5 nitrogen and oxygen atoms in total. The Morgan fingerprint density at radius 3 is 2.65 bits per heavy atom. The molecule has 1 saturated carbocycles. The first-order chi connectivity index (χ1) is 9.48. The first-order valence-corrected chi connectivity index (χ1v) is 8.77. The molecule has 1 aromatic heterocycles. The van der Waals surface area contributed by atoms with E-state index >= 15 is 0 Å². The van der Waals surface area contributed by atoms with Crippen molar-refractivity contribution in [1.82, 2.24) is 9.62 Å². The van der Waals surface area contributed by atoms with Crippen molar-refractivity contribution in [1.29, 1.82) is 0 Å². The molecule has 0 aromatic carbocycles. The third-order valence-electron chi connectivity index (χ3n) is 3.74. The summed E-state index contributed by atoms with van der Waals surface area (Å²) in [4.78, 5) is 0. The molecule has 0 radical (unpaired) electrons. The second-order valence-electron chi connectivity index (χ2n) is 5.34. The van der Waals surface area contributed by atoms with Crippen LogP contribution in [0, 0.1) is 0 Å². The Kier molecular flexibility index (Phi) is 4.88. The minimum Gasteiger partial charge on any atom is -0.447 e. The maximum atomic E-state index is 12.5. The lowest BCUT2D eigenvalue weighted by Crippen LogP contribution is -2.37. The molecule has 1 atom stereocenters. The maximum Gasteiger partial charge on any atom is 0.276 e. The summed E-state index contributed by atoms with van der Waals surface area (Å²) in [7, 11) is -3.53. The van der Waals surface area contributed by atoms with Gasteiger partial charge in [-0.2, -0.15) is 4.31 Å². The van der Waals surface area contributed by atoms with E-state index in [2.05, 4.69) is 5.32 Å². The number of nitrogens with one attached hydrogen (secondary N) is 1. The summed E-state index contributed by atoms with van der Waals surface area (Å²) in [5, 5.41) is 3.36. The summed E-state index contributed by atoms with van der Waals surface area (Å²) < 4.78 is 32.1. The van der Waals surface area contributed by atoms with E-state index in [1.54, 1.807) is 12.1 Å². The van der Waals surface area contributed by atoms with E-state index in [4.69, 9.17) is 4.42 Å². The molecule has 1 N–H and O–H groups in total. The van der Waals surface area contributed by atoms with Crippen LogP contribution < -0.4 is 5.32 Å². The Morgan fingerprint density at radius 2 is 2.10 bits per heavy atom. The molecular weight excluding hydrogens is 276 g/mol. The third-order valence-corrected chi connectivity index (χ3v) is 5.70. The van der Waals surface area contributed by atoms with Crippen LogP contribution in [0.1, 0.15) is 45.8 Å². The van der Waals surface area contributed by atoms with Gasteiger partial charge in [-0.25, -0.2) is 8.42 Å². The molecule has 20 heavy (non-hydrogen) atoms. The van der Waals surface area contributed by atoms with Crippen LogP contribution in [0.4, 0.5) is 0 Å². The van der Waals surface area contributed by atoms with E-state index in [0.29, 0.717) is 24.9 Å². The zero-order valence-electron chi connectivity index (χ0n) is 12.4. The maximum absolute atomic E-state index is 12.5. The van der Waals surface area contributed by atoms with Gasteiger partial charge in [-0.05, 0) is 38.3 Å². The number of nitrogens with zero attached hydrogens (tertiary/aromatic N) is 1. The monoisotopic (exact) mass is 300 g/mol. The Hall–Kier alpha value is -0.850. The molecule has 1 aromatic rings. The fourth-order valence-corrected chi connectivity index (χ4v) is 3.81. The second kappa shape index (κ2) is 6.28. The minimum atomic E-state index is -3.53. The summed E-state index contributed by atoms with van der Waals surface area (Å²) in [6, 6.07) is 3.85. The topological polar surface area (TPSA) is 62.6 Å². The van der Waals surface area contributed by atoms with Gasteiger partial charge in [-0.15, -0.1) is 0 Å². The van der Waals surface area contributed by atoms with Gasteiger partial charge in [-0.3, -0.25) is 0 Å². The van der Waals surface area contributed by atoms with Crippen LogP contribution >= 0.6 is 0 Å². The van der Waals surface area contributed by atoms with E-state index in [1.165, 1.54) is 17.1 Å². The van der Waals surface area contributed by atoms with Crippen LogP contribution in [-0.4, -0.2) is 31.4 Å². The van der Waals surface area contributed by atoms with Crippen molar-refractivity contribution in [3.8, 4) is 0 Å². The van der Waals surface area contributed by atoms with Gasteiger partial charge in [0.25, 0.3) is 10.0 Å². The van der Waals surface area contributed by atoms with E-state index in [9.17, 15) is 8.42 Å². The molecule has 2 rings (SSSR count). The van der Waals surface area contributed by atoms with Crippen LogP contribution in [0.3, 0.4) is 0 Å². The molecule has 0 saturated heterocycles. The second-order valence-corrected chi connectivity index (χ2v) is 7.16. The molecule has 1 heterocycles. The lowest BCUT2D eigenvalue weighted by atomic mass is 10.3. The fraction of sp³-hybridized carbons (Fsp3) is 0.714. The molecule has 114 valence electrons. The number of hydrogen-bond acceptors (Lipinski definition) is 4. The molecule has 1 aliphatic carbocycles. The molecule has 1 unspecified atom stereocenters. The highest BCUT2D eigenvalue weighted by Crippen LogP contribution is 2.23. The summed E-state index contributed by atoms with van der Waals surface area (Å²) in [6.07, 6.45) is 3.18. The highest BCUT2D eigenvalue weighted by molar-refractivity contribution is 7.89. The van der Waals surface area contributed by atoms with Crippen LogP contribution in [0.2, 0.25) is 0 Å². The summed E-state index contributed by atoms with van der Waals surface area (Å²) in [5.74, 6) is 0.677. The highest BCUT2D eigenvalue weighted by Gasteiger charge is 2.30. The van der Waals surface area contributed by atoms with E-state index in [0.717, 1.165) is 6.42 Å². The van der Waals surface area contributed by atoms with Gasteiger partial charge in [0.1, 0.15) is 5.76 Å². The molecular formula is C14H24N2O3S. The fourth-order valence-electron chi connectivity index (χ4n) is 2.16. The summed E-state index contributed by atoms with van der Waals surface area (Å²) >= 11 is 0. The number of rotatable bonds is 8. The lowest BCUT2D eigenvalue weighted by Gasteiger charge is -2.24. The lowest BCUT2D eigenvalue weighted by molar-refractivity contribution is 0.321. The van der Waals surface area contributed by atoms with Gasteiger partial charge >= 0.3 is 0 Å². The molecule has 0 amide bonds. The third kappa shape index (κ3) is 3.42. The number of furan rings is 1. The first-order valence-electron chi connectivity index (χ1n) is 7.33. The average Bonchev–Trinajstić information content (AvgIpc) is 3.12. The quantitative estimate of drug-likeness (QED) is 0.800. The first kappa shape index (κ1) is 15.5. The van der Waals surface area contributed by atoms with Gasteiger partial charge in [0, 0.05) is 18.6 Å². The van der Waals surface area contributed by atoms with Crippen LogP contribution in [0.25, 0.3) is 0 Å². The van der Waals surface area contributed by atoms with Crippen molar-refractivity contribution in [2.45, 2.75) is 63.8 Å². The smallest absolute Gasteiger partial charge is 0.276 e. The molecule has 0 spiro atoms. The predicted octanol–water partition coefficient (Wildman–Crippen LogP) is 2.34. The molecule has 1 aliphatic rings. The van der Waals surface area contributed by atoms with E-state index < -0.39 is 10.0 Å². The van der Waals surface area contributed by atoms with Gasteiger partial charge < -0.3 is 9.73 Å². The Balaban J connectivity index is 2.11. The van der Waals surface area contributed by atoms with Crippen LogP contribution in [0.15, 0.2) is 21.6 Å². The molecule has 0 aliphatic heterocycles. The Morgan fingerprint density at radius 1 is 1.40 bits per heavy atom. The zero-order chi connectivity index (χ0) is 14.8. The minimum absolute atomic E-state index is 0.0249. The summed E-state index contributed by atoms with van der Waals surface area (Å²) in [6.45, 7) is 6.79. The molecule has 0 bridgehead atoms. The van der Waals surface area contributed by atoms with Crippen molar-refractivity contribution in [3.05, 3.63) is 17.9 Å². The largest absolute Gasteiger partial charge is 0.447 e. The molecule has 6 heteroatoms. The van der Waals surface area contributed by atoms with Gasteiger partial charge in [0.15, 0.2) is 0 Å². The van der Waals surface area contributed by atoms with Gasteiger partial charge in [-0.1, -0.05) is 13.8 Å². The molecule has 1 fully saturated rings. The summed E-state index contributed by atoms with van der Waals surface area (Å²) in [5.41, 5.74) is 0. The van der Waals surface area contributed by atoms with Crippen LogP contribution in [0.5, 0.6) is 0 Å². The Bertz CT molecular complexity index is 534. The van der Waals surface area contributed by atoms with E-state index in [1.807, 2.05) is 20.8 Å². The van der Waals surface area contributed by atoms with Crippen LogP contribution in [-0.2, 0) is 16.6 Å². The highest BCUT2D eigenvalue weighted by atomic mass is 32.2. The predicted molar refractivity (Wildman–Crippen MR) is 77.9 cm³/mol. The average molecular weight is 300 g/mol. The van der Waals surface area contributed by atoms with E-state index in [-0.39, 0.29) is 11.1 Å². The van der Waals surface area contributed by atoms with Crippen molar-refractivity contribution < 1.29 is 12.8 Å². The number of sulfonamides is 1. The normalized spacial score (nSPS) is 17.6. The van der Waals surface area contributed by atoms with Crippen molar-refractivity contribution >= 4 is 10.0 Å².